The lowest BCUT2D eigenvalue weighted by Gasteiger charge is -2.57. The Morgan fingerprint density at radius 3 is 2.63 bits per heavy atom. The summed E-state index contributed by atoms with van der Waals surface area (Å²) >= 11 is 0. The quantitative estimate of drug-likeness (QED) is 0.780. The summed E-state index contributed by atoms with van der Waals surface area (Å²) in [7, 11) is 0. The fourth-order valence-electron chi connectivity index (χ4n) is 9.60. The van der Waals surface area contributed by atoms with Crippen LogP contribution in [0, 0.1) is 53.3 Å². The number of nitrogens with zero attached hydrogens (tertiary/aromatic N) is 2. The lowest BCUT2D eigenvalue weighted by Crippen LogP contribution is -2.52. The predicted molar refractivity (Wildman–Crippen MR) is 116 cm³/mol. The summed E-state index contributed by atoms with van der Waals surface area (Å²) in [5.41, 5.74) is 1.37. The Kier molecular flexibility index (Phi) is 4.04. The first-order valence-corrected chi connectivity index (χ1v) is 12.5. The van der Waals surface area contributed by atoms with Crippen molar-refractivity contribution in [1.29, 1.82) is 0 Å². The van der Waals surface area contributed by atoms with E-state index in [9.17, 15) is 9.90 Å². The van der Waals surface area contributed by atoms with Crippen LogP contribution in [0.4, 0.5) is 0 Å². The van der Waals surface area contributed by atoms with Crippen LogP contribution in [0.15, 0.2) is 12.4 Å². The fourth-order valence-corrected chi connectivity index (χ4v) is 9.60. The average Bonchev–Trinajstić information content (AvgIpc) is 3.14. The van der Waals surface area contributed by atoms with E-state index in [1.807, 2.05) is 24.0 Å². The van der Waals surface area contributed by atoms with Crippen molar-refractivity contribution in [2.45, 2.75) is 90.7 Å². The molecule has 1 heterocycles. The SMILES string of the molecule is Cc1cnn(CC(=O)[C@H]2CC[C@H]3[C@@H]4CCC56CC5[C@](C)(O)CC[C@@H]6[C@H]4CC[C@]23C)c1. The lowest BCUT2D eigenvalue weighted by molar-refractivity contribution is -0.133. The van der Waals surface area contributed by atoms with Gasteiger partial charge in [-0.1, -0.05) is 6.92 Å². The maximum Gasteiger partial charge on any atom is 0.157 e. The average molecular weight is 411 g/mol. The number of rotatable bonds is 3. The molecular weight excluding hydrogens is 372 g/mol. The first kappa shape index (κ1) is 19.5. The third-order valence-electron chi connectivity index (χ3n) is 11.0. The molecule has 0 amide bonds. The van der Waals surface area contributed by atoms with Gasteiger partial charge in [0.05, 0.1) is 18.3 Å². The van der Waals surface area contributed by atoms with Crippen LogP contribution in [-0.4, -0.2) is 26.3 Å². The molecule has 4 heteroatoms. The van der Waals surface area contributed by atoms with E-state index < -0.39 is 5.60 Å². The first-order chi connectivity index (χ1) is 14.2. The molecule has 0 radical (unpaired) electrons. The largest absolute Gasteiger partial charge is 0.390 e. The van der Waals surface area contributed by atoms with E-state index in [0.29, 0.717) is 23.7 Å². The van der Waals surface area contributed by atoms with Crippen molar-refractivity contribution in [3.63, 3.8) is 0 Å². The van der Waals surface area contributed by atoms with Gasteiger partial charge in [-0.3, -0.25) is 9.48 Å². The van der Waals surface area contributed by atoms with Crippen molar-refractivity contribution in [1.82, 2.24) is 9.78 Å². The Hall–Kier alpha value is -1.16. The number of aryl methyl sites for hydroxylation is 1. The highest BCUT2D eigenvalue weighted by atomic mass is 16.3. The van der Waals surface area contributed by atoms with Crippen molar-refractivity contribution in [2.75, 3.05) is 0 Å². The summed E-state index contributed by atoms with van der Waals surface area (Å²) in [5, 5.41) is 15.2. The number of carbonyl (C=O) groups is 1. The summed E-state index contributed by atoms with van der Waals surface area (Å²) in [6.07, 6.45) is 14.9. The molecule has 6 rings (SSSR count). The normalized spacial score (nSPS) is 51.5. The molecule has 164 valence electrons. The number of aliphatic hydroxyl groups is 1. The summed E-state index contributed by atoms with van der Waals surface area (Å²) < 4.78 is 1.84. The van der Waals surface area contributed by atoms with E-state index in [1.165, 1.54) is 44.9 Å². The molecule has 0 aromatic carbocycles. The summed E-state index contributed by atoms with van der Waals surface area (Å²) in [4.78, 5) is 13.3. The number of ketones is 1. The standard InChI is InChI=1S/C26H38N2O2/c1-16-13-27-28(14-16)15-22(29)21-5-4-19-17-7-11-26-12-23(26)25(3,30)10-8-20(26)18(17)6-9-24(19,21)2/h13-14,17-21,23,30H,4-12,15H2,1-3H3/t17-,18+,19+,20-,21-,23?,24+,25-,26?/m1/s1. The van der Waals surface area contributed by atoms with E-state index in [-0.39, 0.29) is 11.3 Å². The van der Waals surface area contributed by atoms with Crippen LogP contribution >= 0.6 is 0 Å². The van der Waals surface area contributed by atoms with Crippen LogP contribution in [0.3, 0.4) is 0 Å². The van der Waals surface area contributed by atoms with Gasteiger partial charge in [0.2, 0.25) is 0 Å². The molecule has 5 aliphatic carbocycles. The Morgan fingerprint density at radius 2 is 1.87 bits per heavy atom. The maximum atomic E-state index is 13.3. The van der Waals surface area contributed by atoms with Crippen molar-refractivity contribution >= 4 is 5.78 Å². The van der Waals surface area contributed by atoms with Gasteiger partial charge in [0, 0.05) is 12.1 Å². The molecule has 9 atom stereocenters. The number of hydrogen-bond acceptors (Lipinski definition) is 3. The van der Waals surface area contributed by atoms with Gasteiger partial charge in [0.25, 0.3) is 0 Å². The minimum atomic E-state index is -0.414. The van der Waals surface area contributed by atoms with Crippen molar-refractivity contribution in [3.05, 3.63) is 18.0 Å². The lowest BCUT2D eigenvalue weighted by atomic mass is 9.48. The second-order valence-electron chi connectivity index (χ2n) is 12.3. The topological polar surface area (TPSA) is 55.1 Å². The van der Waals surface area contributed by atoms with Crippen LogP contribution in [0.1, 0.15) is 77.2 Å². The minimum absolute atomic E-state index is 0.189. The first-order valence-electron chi connectivity index (χ1n) is 12.5. The van der Waals surface area contributed by atoms with Gasteiger partial charge in [-0.2, -0.15) is 5.10 Å². The Labute approximate surface area is 180 Å². The summed E-state index contributed by atoms with van der Waals surface area (Å²) in [6.45, 7) is 7.03. The van der Waals surface area contributed by atoms with Gasteiger partial charge in [0.1, 0.15) is 0 Å². The predicted octanol–water partition coefficient (Wildman–Crippen LogP) is 4.78. The van der Waals surface area contributed by atoms with Gasteiger partial charge >= 0.3 is 0 Å². The van der Waals surface area contributed by atoms with Crippen molar-refractivity contribution in [3.8, 4) is 0 Å². The van der Waals surface area contributed by atoms with Crippen LogP contribution in [0.25, 0.3) is 0 Å². The van der Waals surface area contributed by atoms with Crippen LogP contribution in [0.2, 0.25) is 0 Å². The summed E-state index contributed by atoms with van der Waals surface area (Å²) in [5.74, 6) is 4.41. The molecule has 30 heavy (non-hydrogen) atoms. The highest BCUT2D eigenvalue weighted by Gasteiger charge is 2.71. The number of fused-ring (bicyclic) bond motifs is 4. The second-order valence-corrected chi connectivity index (χ2v) is 12.3. The van der Waals surface area contributed by atoms with E-state index >= 15 is 0 Å². The molecule has 0 aliphatic heterocycles. The summed E-state index contributed by atoms with van der Waals surface area (Å²) in [6, 6.07) is 0. The maximum absolute atomic E-state index is 13.3. The molecule has 2 unspecified atom stereocenters. The monoisotopic (exact) mass is 410 g/mol. The van der Waals surface area contributed by atoms with Gasteiger partial charge in [-0.05, 0) is 118 Å². The zero-order chi connectivity index (χ0) is 20.9. The number of hydrogen-bond donors (Lipinski definition) is 1. The third kappa shape index (κ3) is 2.55. The number of Topliss-reactive ketones (excluding diaryl/α,β-unsaturated/α-hetero) is 1. The van der Waals surface area contributed by atoms with Gasteiger partial charge < -0.3 is 5.11 Å². The number of aromatic nitrogens is 2. The molecule has 0 saturated heterocycles. The Morgan fingerprint density at radius 1 is 1.10 bits per heavy atom. The molecule has 1 N–H and O–H groups in total. The number of carbonyl (C=O) groups excluding carboxylic acids is 1. The fraction of sp³-hybridized carbons (Fsp3) is 0.846. The van der Waals surface area contributed by atoms with E-state index in [4.69, 9.17) is 0 Å². The van der Waals surface area contributed by atoms with E-state index in [1.54, 1.807) is 0 Å². The molecule has 1 aromatic rings. The zero-order valence-corrected chi connectivity index (χ0v) is 18.9. The molecular formula is C26H38N2O2. The molecule has 1 aromatic heterocycles. The molecule has 4 nitrogen and oxygen atoms in total. The highest BCUT2D eigenvalue weighted by Crippen LogP contribution is 2.76. The van der Waals surface area contributed by atoms with Gasteiger partial charge in [-0.15, -0.1) is 0 Å². The van der Waals surface area contributed by atoms with Crippen molar-refractivity contribution < 1.29 is 9.90 Å². The van der Waals surface area contributed by atoms with Crippen LogP contribution in [0.5, 0.6) is 0 Å². The highest BCUT2D eigenvalue weighted by molar-refractivity contribution is 5.82. The van der Waals surface area contributed by atoms with Crippen LogP contribution < -0.4 is 0 Å². The molecule has 5 fully saturated rings. The minimum Gasteiger partial charge on any atom is -0.390 e. The van der Waals surface area contributed by atoms with Gasteiger partial charge in [-0.25, -0.2) is 0 Å². The Bertz CT molecular complexity index is 874. The smallest absolute Gasteiger partial charge is 0.157 e. The molecule has 5 aliphatic rings. The zero-order valence-electron chi connectivity index (χ0n) is 18.9. The molecule has 0 bridgehead atoms. The Balaban J connectivity index is 1.21. The third-order valence-corrected chi connectivity index (χ3v) is 11.0. The van der Waals surface area contributed by atoms with E-state index in [2.05, 4.69) is 18.9 Å². The van der Waals surface area contributed by atoms with Crippen LogP contribution in [-0.2, 0) is 11.3 Å². The van der Waals surface area contributed by atoms with Gasteiger partial charge in [0.15, 0.2) is 5.78 Å². The van der Waals surface area contributed by atoms with E-state index in [0.717, 1.165) is 42.1 Å². The molecule has 1 spiro atoms. The molecule has 5 saturated carbocycles. The van der Waals surface area contributed by atoms with Crippen molar-refractivity contribution in [2.24, 2.45) is 46.3 Å². The second kappa shape index (κ2) is 6.21.